The van der Waals surface area contributed by atoms with Gasteiger partial charge in [-0.05, 0) is 29.5 Å². The van der Waals surface area contributed by atoms with Crippen molar-refractivity contribution >= 4 is 22.9 Å². The number of amides is 1. The molecule has 0 bridgehead atoms. The number of anilines is 1. The zero-order chi connectivity index (χ0) is 13.7. The van der Waals surface area contributed by atoms with Gasteiger partial charge in [0.15, 0.2) is 0 Å². The third-order valence-electron chi connectivity index (χ3n) is 2.85. The summed E-state index contributed by atoms with van der Waals surface area (Å²) < 4.78 is 0. The second-order valence-corrected chi connectivity index (χ2v) is 4.97. The van der Waals surface area contributed by atoms with Gasteiger partial charge in [-0.25, -0.2) is 0 Å². The van der Waals surface area contributed by atoms with Crippen molar-refractivity contribution in [3.05, 3.63) is 45.9 Å². The van der Waals surface area contributed by atoms with Crippen LogP contribution in [-0.4, -0.2) is 10.9 Å². The number of nitrogens with one attached hydrogen (secondary N) is 2. The first kappa shape index (κ1) is 13.5. The van der Waals surface area contributed by atoms with Crippen LogP contribution in [0, 0.1) is 0 Å². The molecule has 0 atom stereocenters. The number of nitrogen functional groups attached to an aromatic ring is 1. The van der Waals surface area contributed by atoms with Gasteiger partial charge in [0.2, 0.25) is 0 Å². The summed E-state index contributed by atoms with van der Waals surface area (Å²) in [6.45, 7) is 2.63. The van der Waals surface area contributed by atoms with Crippen LogP contribution in [0.5, 0.6) is 0 Å². The average Bonchev–Trinajstić information content (AvgIpc) is 2.92. The molecule has 0 fully saturated rings. The molecule has 4 N–H and O–H groups in total. The highest BCUT2D eigenvalue weighted by Gasteiger charge is 2.11. The normalized spacial score (nSPS) is 10.2. The SMILES string of the molecule is CCc1ccsc1CNC(=O)c1cnccc1NN. The maximum absolute atomic E-state index is 12.1. The van der Waals surface area contributed by atoms with Crippen molar-refractivity contribution in [2.45, 2.75) is 19.9 Å². The maximum Gasteiger partial charge on any atom is 0.255 e. The molecule has 0 saturated carbocycles. The average molecular weight is 276 g/mol. The second kappa shape index (κ2) is 6.31. The van der Waals surface area contributed by atoms with Crippen molar-refractivity contribution in [2.75, 3.05) is 5.43 Å². The van der Waals surface area contributed by atoms with Gasteiger partial charge in [-0.15, -0.1) is 11.3 Å². The number of pyridine rings is 1. The fraction of sp³-hybridized carbons (Fsp3) is 0.231. The van der Waals surface area contributed by atoms with Gasteiger partial charge >= 0.3 is 0 Å². The Morgan fingerprint density at radius 2 is 2.32 bits per heavy atom. The van der Waals surface area contributed by atoms with E-state index in [4.69, 9.17) is 5.84 Å². The van der Waals surface area contributed by atoms with Crippen molar-refractivity contribution in [1.82, 2.24) is 10.3 Å². The number of hydrazine groups is 1. The summed E-state index contributed by atoms with van der Waals surface area (Å²) in [5.41, 5.74) is 4.77. The number of hydrogen-bond donors (Lipinski definition) is 3. The molecule has 0 aliphatic carbocycles. The molecule has 19 heavy (non-hydrogen) atoms. The van der Waals surface area contributed by atoms with E-state index in [-0.39, 0.29) is 5.91 Å². The predicted octanol–water partition coefficient (Wildman–Crippen LogP) is 1.92. The molecular formula is C13H16N4OS. The largest absolute Gasteiger partial charge is 0.347 e. The first-order valence-electron chi connectivity index (χ1n) is 6.00. The summed E-state index contributed by atoms with van der Waals surface area (Å²) in [5.74, 6) is 5.19. The lowest BCUT2D eigenvalue weighted by molar-refractivity contribution is 0.0951. The van der Waals surface area contributed by atoms with Crippen LogP contribution in [0.15, 0.2) is 29.9 Å². The fourth-order valence-corrected chi connectivity index (χ4v) is 2.71. The van der Waals surface area contributed by atoms with Gasteiger partial charge in [-0.2, -0.15) is 0 Å². The molecule has 0 spiro atoms. The number of thiophene rings is 1. The van der Waals surface area contributed by atoms with E-state index in [1.807, 2.05) is 5.38 Å². The van der Waals surface area contributed by atoms with Gasteiger partial charge < -0.3 is 10.7 Å². The fourth-order valence-electron chi connectivity index (χ4n) is 1.79. The highest BCUT2D eigenvalue weighted by molar-refractivity contribution is 7.10. The Balaban J connectivity index is 2.05. The minimum Gasteiger partial charge on any atom is -0.347 e. The van der Waals surface area contributed by atoms with Crippen molar-refractivity contribution in [3.8, 4) is 0 Å². The Kier molecular flexibility index (Phi) is 4.48. The van der Waals surface area contributed by atoms with E-state index in [9.17, 15) is 4.79 Å². The van der Waals surface area contributed by atoms with Crippen LogP contribution in [0.3, 0.4) is 0 Å². The molecule has 0 saturated heterocycles. The Morgan fingerprint density at radius 1 is 1.47 bits per heavy atom. The molecule has 5 nitrogen and oxygen atoms in total. The number of carbonyl (C=O) groups is 1. The van der Waals surface area contributed by atoms with Crippen LogP contribution < -0.4 is 16.6 Å². The second-order valence-electron chi connectivity index (χ2n) is 3.97. The van der Waals surface area contributed by atoms with Gasteiger partial charge in [-0.1, -0.05) is 6.92 Å². The Bertz CT molecular complexity index is 567. The first-order valence-corrected chi connectivity index (χ1v) is 6.88. The van der Waals surface area contributed by atoms with Crippen LogP contribution in [0.4, 0.5) is 5.69 Å². The quantitative estimate of drug-likeness (QED) is 0.576. The zero-order valence-corrected chi connectivity index (χ0v) is 11.5. The van der Waals surface area contributed by atoms with E-state index in [1.165, 1.54) is 16.6 Å². The molecule has 2 rings (SSSR count). The summed E-state index contributed by atoms with van der Waals surface area (Å²) in [5, 5.41) is 4.93. The molecule has 0 unspecified atom stereocenters. The minimum atomic E-state index is -0.184. The number of nitrogens with zero attached hydrogens (tertiary/aromatic N) is 1. The van der Waals surface area contributed by atoms with Gasteiger partial charge in [-0.3, -0.25) is 15.6 Å². The third kappa shape index (κ3) is 3.10. The molecule has 1 amide bonds. The number of aromatic nitrogens is 1. The molecule has 2 heterocycles. The van der Waals surface area contributed by atoms with Gasteiger partial charge in [0, 0.05) is 17.3 Å². The van der Waals surface area contributed by atoms with Crippen LogP contribution in [-0.2, 0) is 13.0 Å². The standard InChI is InChI=1S/C13H16N4OS/c1-2-9-4-6-19-12(9)8-16-13(18)10-7-15-5-3-11(10)17-14/h3-7H,2,8,14H2,1H3,(H,15,17)(H,16,18). The molecule has 0 aliphatic rings. The minimum absolute atomic E-state index is 0.184. The number of rotatable bonds is 5. The Morgan fingerprint density at radius 3 is 3.05 bits per heavy atom. The summed E-state index contributed by atoms with van der Waals surface area (Å²) in [6.07, 6.45) is 4.05. The Labute approximate surface area is 115 Å². The third-order valence-corrected chi connectivity index (χ3v) is 3.81. The maximum atomic E-state index is 12.1. The molecular weight excluding hydrogens is 260 g/mol. The van der Waals surface area contributed by atoms with Crippen LogP contribution in [0.2, 0.25) is 0 Å². The lowest BCUT2D eigenvalue weighted by Gasteiger charge is -2.09. The smallest absolute Gasteiger partial charge is 0.255 e. The monoisotopic (exact) mass is 276 g/mol. The lowest BCUT2D eigenvalue weighted by atomic mass is 10.2. The van der Waals surface area contributed by atoms with Crippen molar-refractivity contribution in [2.24, 2.45) is 5.84 Å². The van der Waals surface area contributed by atoms with Gasteiger partial charge in [0.25, 0.3) is 5.91 Å². The van der Waals surface area contributed by atoms with E-state index < -0.39 is 0 Å². The summed E-state index contributed by atoms with van der Waals surface area (Å²) in [6, 6.07) is 3.75. The van der Waals surface area contributed by atoms with E-state index in [0.717, 1.165) is 6.42 Å². The molecule has 2 aromatic rings. The van der Waals surface area contributed by atoms with Gasteiger partial charge in [0.05, 0.1) is 17.8 Å². The number of hydrogen-bond acceptors (Lipinski definition) is 5. The molecule has 2 aromatic heterocycles. The van der Waals surface area contributed by atoms with Crippen molar-refractivity contribution < 1.29 is 4.79 Å². The van der Waals surface area contributed by atoms with Crippen molar-refractivity contribution in [1.29, 1.82) is 0 Å². The number of aryl methyl sites for hydroxylation is 1. The highest BCUT2D eigenvalue weighted by Crippen LogP contribution is 2.17. The zero-order valence-electron chi connectivity index (χ0n) is 10.6. The van der Waals surface area contributed by atoms with E-state index in [1.54, 1.807) is 23.6 Å². The van der Waals surface area contributed by atoms with E-state index in [0.29, 0.717) is 17.8 Å². The summed E-state index contributed by atoms with van der Waals surface area (Å²) in [4.78, 5) is 17.2. The van der Waals surface area contributed by atoms with E-state index in [2.05, 4.69) is 28.7 Å². The first-order chi connectivity index (χ1) is 9.26. The summed E-state index contributed by atoms with van der Waals surface area (Å²) in [7, 11) is 0. The number of carbonyl (C=O) groups excluding carboxylic acids is 1. The topological polar surface area (TPSA) is 80.0 Å². The molecule has 0 aromatic carbocycles. The van der Waals surface area contributed by atoms with Crippen LogP contribution in [0.1, 0.15) is 27.7 Å². The van der Waals surface area contributed by atoms with Crippen molar-refractivity contribution in [3.63, 3.8) is 0 Å². The molecule has 0 radical (unpaired) electrons. The number of nitrogens with two attached hydrogens (primary N) is 1. The predicted molar refractivity (Wildman–Crippen MR) is 76.9 cm³/mol. The molecule has 6 heteroatoms. The van der Waals surface area contributed by atoms with Gasteiger partial charge in [0.1, 0.15) is 0 Å². The van der Waals surface area contributed by atoms with E-state index >= 15 is 0 Å². The lowest BCUT2D eigenvalue weighted by Crippen LogP contribution is -2.25. The highest BCUT2D eigenvalue weighted by atomic mass is 32.1. The Hall–Kier alpha value is -1.92. The molecule has 100 valence electrons. The summed E-state index contributed by atoms with van der Waals surface area (Å²) >= 11 is 1.65. The van der Waals surface area contributed by atoms with Crippen LogP contribution in [0.25, 0.3) is 0 Å². The molecule has 0 aliphatic heterocycles. The van der Waals surface area contributed by atoms with Crippen LogP contribution >= 0.6 is 11.3 Å².